The highest BCUT2D eigenvalue weighted by Crippen LogP contribution is 2.25. The minimum absolute atomic E-state index is 0.360. The van der Waals surface area contributed by atoms with Gasteiger partial charge >= 0.3 is 5.69 Å². The van der Waals surface area contributed by atoms with Gasteiger partial charge in [-0.3, -0.25) is 14.3 Å². The maximum Gasteiger partial charge on any atom is 0.328 e. The Balaban J connectivity index is 1.82. The first-order valence-corrected chi connectivity index (χ1v) is 7.98. The van der Waals surface area contributed by atoms with Crippen LogP contribution in [0.3, 0.4) is 0 Å². The lowest BCUT2D eigenvalue weighted by atomic mass is 10.2. The van der Waals surface area contributed by atoms with Crippen LogP contribution in [0.5, 0.6) is 0 Å². The first-order chi connectivity index (χ1) is 11.1. The van der Waals surface area contributed by atoms with Crippen molar-refractivity contribution in [1.29, 1.82) is 0 Å². The molecule has 0 aliphatic heterocycles. The van der Waals surface area contributed by atoms with Gasteiger partial charge in [-0.15, -0.1) is 11.8 Å². The fourth-order valence-corrected chi connectivity index (χ4v) is 3.19. The SMILES string of the molecule is Cc1c(SCc2cc(-c3ccccc3)on2)n(C)c(=O)[nH]c1=O. The highest BCUT2D eigenvalue weighted by Gasteiger charge is 2.12. The molecular formula is C16H15N3O3S. The topological polar surface area (TPSA) is 80.9 Å². The van der Waals surface area contributed by atoms with E-state index in [0.717, 1.165) is 11.3 Å². The lowest BCUT2D eigenvalue weighted by Gasteiger charge is -2.08. The number of rotatable bonds is 4. The van der Waals surface area contributed by atoms with Crippen molar-refractivity contribution in [2.75, 3.05) is 0 Å². The maximum atomic E-state index is 11.7. The Morgan fingerprint density at radius 3 is 2.74 bits per heavy atom. The number of nitrogens with zero attached hydrogens (tertiary/aromatic N) is 2. The second-order valence-electron chi connectivity index (χ2n) is 5.09. The molecule has 1 N–H and O–H groups in total. The van der Waals surface area contributed by atoms with Crippen LogP contribution in [0.2, 0.25) is 0 Å². The van der Waals surface area contributed by atoms with E-state index < -0.39 is 5.69 Å². The van der Waals surface area contributed by atoms with Crippen LogP contribution in [0.15, 0.2) is 55.5 Å². The fourth-order valence-electron chi connectivity index (χ4n) is 2.18. The van der Waals surface area contributed by atoms with E-state index in [9.17, 15) is 9.59 Å². The summed E-state index contributed by atoms with van der Waals surface area (Å²) in [6.45, 7) is 1.69. The molecule has 7 heteroatoms. The molecule has 6 nitrogen and oxygen atoms in total. The number of H-pyrrole nitrogens is 1. The van der Waals surface area contributed by atoms with Gasteiger partial charge in [0, 0.05) is 30.0 Å². The van der Waals surface area contributed by atoms with Crippen molar-refractivity contribution in [2.45, 2.75) is 17.7 Å². The predicted octanol–water partition coefficient (Wildman–Crippen LogP) is 2.33. The van der Waals surface area contributed by atoms with Gasteiger partial charge in [0.1, 0.15) is 0 Å². The first kappa shape index (κ1) is 15.4. The molecule has 3 aromatic rings. The normalized spacial score (nSPS) is 10.9. The van der Waals surface area contributed by atoms with E-state index in [1.807, 2.05) is 36.4 Å². The van der Waals surface area contributed by atoms with E-state index in [1.165, 1.54) is 16.3 Å². The number of aromatic amines is 1. The zero-order chi connectivity index (χ0) is 16.4. The third-order valence-electron chi connectivity index (χ3n) is 3.47. The molecule has 118 valence electrons. The molecule has 0 radical (unpaired) electrons. The molecular weight excluding hydrogens is 314 g/mol. The summed E-state index contributed by atoms with van der Waals surface area (Å²) in [5.74, 6) is 1.20. The highest BCUT2D eigenvalue weighted by molar-refractivity contribution is 7.98. The second-order valence-corrected chi connectivity index (χ2v) is 6.05. The van der Waals surface area contributed by atoms with E-state index in [0.29, 0.717) is 22.1 Å². The molecule has 0 atom stereocenters. The fraction of sp³-hybridized carbons (Fsp3) is 0.188. The van der Waals surface area contributed by atoms with Crippen LogP contribution in [0.25, 0.3) is 11.3 Å². The average Bonchev–Trinajstić information content (AvgIpc) is 3.03. The Labute approximate surface area is 136 Å². The van der Waals surface area contributed by atoms with Crippen molar-refractivity contribution in [3.8, 4) is 11.3 Å². The summed E-state index contributed by atoms with van der Waals surface area (Å²) in [7, 11) is 1.63. The third-order valence-corrected chi connectivity index (χ3v) is 4.76. The molecule has 0 saturated heterocycles. The summed E-state index contributed by atoms with van der Waals surface area (Å²) >= 11 is 1.38. The number of aromatic nitrogens is 3. The molecule has 0 spiro atoms. The average molecular weight is 329 g/mol. The van der Waals surface area contributed by atoms with Gasteiger partial charge in [-0.25, -0.2) is 4.79 Å². The predicted molar refractivity (Wildman–Crippen MR) is 88.5 cm³/mol. The molecule has 2 aromatic heterocycles. The second kappa shape index (κ2) is 6.29. The van der Waals surface area contributed by atoms with Crippen LogP contribution in [-0.4, -0.2) is 14.7 Å². The number of benzene rings is 1. The van der Waals surface area contributed by atoms with Gasteiger partial charge in [0.2, 0.25) is 0 Å². The minimum atomic E-state index is -0.423. The number of thioether (sulfide) groups is 1. The summed E-state index contributed by atoms with van der Waals surface area (Å²) in [5.41, 5.74) is 1.44. The summed E-state index contributed by atoms with van der Waals surface area (Å²) < 4.78 is 6.78. The van der Waals surface area contributed by atoms with Crippen molar-refractivity contribution in [3.63, 3.8) is 0 Å². The van der Waals surface area contributed by atoms with E-state index in [2.05, 4.69) is 10.1 Å². The standard InChI is InChI=1S/C16H15N3O3S/c1-10-14(20)17-16(21)19(2)15(10)23-9-12-8-13(22-18-12)11-6-4-3-5-7-11/h3-8H,9H2,1-2H3,(H,17,20,21). The van der Waals surface area contributed by atoms with Crippen LogP contribution in [0, 0.1) is 6.92 Å². The Kier molecular flexibility index (Phi) is 4.20. The first-order valence-electron chi connectivity index (χ1n) is 7.00. The molecule has 0 unspecified atom stereocenters. The quantitative estimate of drug-likeness (QED) is 0.587. The van der Waals surface area contributed by atoms with Gasteiger partial charge in [-0.2, -0.15) is 0 Å². The van der Waals surface area contributed by atoms with E-state index in [1.54, 1.807) is 14.0 Å². The summed E-state index contributed by atoms with van der Waals surface area (Å²) in [6.07, 6.45) is 0. The van der Waals surface area contributed by atoms with E-state index in [4.69, 9.17) is 4.52 Å². The lowest BCUT2D eigenvalue weighted by Crippen LogP contribution is -2.31. The summed E-state index contributed by atoms with van der Waals surface area (Å²) in [5, 5.41) is 4.67. The number of hydrogen-bond donors (Lipinski definition) is 1. The molecule has 3 rings (SSSR count). The van der Waals surface area contributed by atoms with Gasteiger partial charge < -0.3 is 4.52 Å². The Morgan fingerprint density at radius 2 is 2.00 bits per heavy atom. The molecule has 0 aliphatic rings. The Hall–Kier alpha value is -2.54. The molecule has 0 fully saturated rings. The Morgan fingerprint density at radius 1 is 1.26 bits per heavy atom. The summed E-state index contributed by atoms with van der Waals surface area (Å²) in [4.78, 5) is 25.6. The molecule has 0 bridgehead atoms. The monoisotopic (exact) mass is 329 g/mol. The molecule has 0 aliphatic carbocycles. The molecule has 23 heavy (non-hydrogen) atoms. The zero-order valence-electron chi connectivity index (χ0n) is 12.7. The van der Waals surface area contributed by atoms with Gasteiger partial charge in [-0.1, -0.05) is 35.5 Å². The number of hydrogen-bond acceptors (Lipinski definition) is 5. The van der Waals surface area contributed by atoms with E-state index in [-0.39, 0.29) is 5.56 Å². The van der Waals surface area contributed by atoms with Crippen LogP contribution in [-0.2, 0) is 12.8 Å². The molecule has 0 amide bonds. The van der Waals surface area contributed by atoms with Crippen molar-refractivity contribution in [2.24, 2.45) is 7.05 Å². The van der Waals surface area contributed by atoms with Crippen molar-refractivity contribution in [3.05, 3.63) is 68.5 Å². The van der Waals surface area contributed by atoms with Gasteiger partial charge in [0.15, 0.2) is 5.76 Å². The van der Waals surface area contributed by atoms with Gasteiger partial charge in [0.05, 0.1) is 10.7 Å². The summed E-state index contributed by atoms with van der Waals surface area (Å²) in [6, 6.07) is 11.6. The van der Waals surface area contributed by atoms with Crippen LogP contribution < -0.4 is 11.2 Å². The zero-order valence-corrected chi connectivity index (χ0v) is 13.5. The smallest absolute Gasteiger partial charge is 0.328 e. The number of nitrogens with one attached hydrogen (secondary N) is 1. The van der Waals surface area contributed by atoms with Crippen LogP contribution in [0.4, 0.5) is 0 Å². The van der Waals surface area contributed by atoms with Gasteiger partial charge in [-0.05, 0) is 6.92 Å². The lowest BCUT2D eigenvalue weighted by molar-refractivity contribution is 0.426. The molecule has 0 saturated carbocycles. The maximum absolute atomic E-state index is 11.7. The largest absolute Gasteiger partial charge is 0.356 e. The third kappa shape index (κ3) is 3.14. The van der Waals surface area contributed by atoms with Crippen molar-refractivity contribution in [1.82, 2.24) is 14.7 Å². The van der Waals surface area contributed by atoms with Crippen molar-refractivity contribution >= 4 is 11.8 Å². The molecule has 1 aromatic carbocycles. The highest BCUT2D eigenvalue weighted by atomic mass is 32.2. The Bertz CT molecular complexity index is 907. The molecule has 2 heterocycles. The van der Waals surface area contributed by atoms with E-state index >= 15 is 0 Å². The van der Waals surface area contributed by atoms with Crippen LogP contribution in [0.1, 0.15) is 11.3 Å². The van der Waals surface area contributed by atoms with Gasteiger partial charge in [0.25, 0.3) is 5.56 Å². The van der Waals surface area contributed by atoms with Crippen LogP contribution >= 0.6 is 11.8 Å². The minimum Gasteiger partial charge on any atom is -0.356 e. The van der Waals surface area contributed by atoms with Crippen molar-refractivity contribution < 1.29 is 4.52 Å².